The van der Waals surface area contributed by atoms with Gasteiger partial charge in [0.05, 0.1) is 5.39 Å². The van der Waals surface area contributed by atoms with E-state index in [1.807, 2.05) is 0 Å². The van der Waals surface area contributed by atoms with E-state index in [0.29, 0.717) is 0 Å². The van der Waals surface area contributed by atoms with Gasteiger partial charge in [-0.15, -0.1) is 11.3 Å². The zero-order valence-corrected chi connectivity index (χ0v) is 13.2. The number of hydrogen-bond donors (Lipinski definition) is 1. The van der Waals surface area contributed by atoms with E-state index in [2.05, 4.69) is 29.1 Å². The third-order valence-corrected chi connectivity index (χ3v) is 5.65. The average molecular weight is 289 g/mol. The van der Waals surface area contributed by atoms with Gasteiger partial charge in [0.2, 0.25) is 0 Å². The number of nitrogens with zero attached hydrogens (tertiary/aromatic N) is 2. The van der Waals surface area contributed by atoms with Gasteiger partial charge in [0.25, 0.3) is 0 Å². The molecule has 0 spiro atoms. The van der Waals surface area contributed by atoms with E-state index in [1.54, 1.807) is 17.7 Å². The first-order valence-electron chi connectivity index (χ1n) is 7.70. The highest BCUT2D eigenvalue weighted by atomic mass is 32.1. The highest BCUT2D eigenvalue weighted by molar-refractivity contribution is 7.18. The fourth-order valence-electron chi connectivity index (χ4n) is 3.19. The lowest BCUT2D eigenvalue weighted by molar-refractivity contribution is 0.345. The van der Waals surface area contributed by atoms with Crippen LogP contribution >= 0.6 is 11.3 Å². The molecule has 1 saturated carbocycles. The molecule has 1 fully saturated rings. The molecule has 2 heterocycles. The number of fused-ring (bicyclic) bond motifs is 1. The van der Waals surface area contributed by atoms with Crippen LogP contribution in [0.4, 0.5) is 5.82 Å². The van der Waals surface area contributed by atoms with E-state index >= 15 is 0 Å². The molecular weight excluding hydrogens is 266 g/mol. The van der Waals surface area contributed by atoms with Crippen LogP contribution in [0.3, 0.4) is 0 Å². The number of hydrogen-bond acceptors (Lipinski definition) is 4. The normalized spacial score (nSPS) is 16.7. The highest BCUT2D eigenvalue weighted by Gasteiger charge is 2.14. The van der Waals surface area contributed by atoms with Crippen molar-refractivity contribution >= 4 is 27.4 Å². The van der Waals surface area contributed by atoms with Crippen molar-refractivity contribution in [1.82, 2.24) is 9.97 Å². The summed E-state index contributed by atoms with van der Waals surface area (Å²) in [4.78, 5) is 11.3. The Morgan fingerprint density at radius 3 is 2.80 bits per heavy atom. The third kappa shape index (κ3) is 2.80. The van der Waals surface area contributed by atoms with E-state index < -0.39 is 0 Å². The van der Waals surface area contributed by atoms with Crippen LogP contribution in [-0.2, 0) is 0 Å². The standard InChI is InChI=1S/C16H23N3S/c1-11-12(2)20-16-14(11)15(18-10-19-16)17-9-8-13-6-4-3-5-7-13/h10,13H,3-9H2,1-2H3,(H,17,18,19). The number of rotatable bonds is 4. The van der Waals surface area contributed by atoms with Crippen LogP contribution in [-0.4, -0.2) is 16.5 Å². The van der Waals surface area contributed by atoms with Crippen LogP contribution in [0.2, 0.25) is 0 Å². The molecule has 3 rings (SSSR count). The minimum Gasteiger partial charge on any atom is -0.369 e. The first kappa shape index (κ1) is 13.8. The number of anilines is 1. The summed E-state index contributed by atoms with van der Waals surface area (Å²) in [5, 5.41) is 4.77. The van der Waals surface area contributed by atoms with Crippen LogP contribution in [0, 0.1) is 19.8 Å². The van der Waals surface area contributed by atoms with Gasteiger partial charge in [-0.1, -0.05) is 32.1 Å². The van der Waals surface area contributed by atoms with Gasteiger partial charge < -0.3 is 5.32 Å². The lowest BCUT2D eigenvalue weighted by Crippen LogP contribution is -2.12. The number of thiophene rings is 1. The van der Waals surface area contributed by atoms with Gasteiger partial charge in [-0.2, -0.15) is 0 Å². The molecule has 0 saturated heterocycles. The van der Waals surface area contributed by atoms with Crippen molar-refractivity contribution < 1.29 is 0 Å². The number of aromatic nitrogens is 2. The first-order chi connectivity index (χ1) is 9.75. The van der Waals surface area contributed by atoms with Crippen molar-refractivity contribution in [1.29, 1.82) is 0 Å². The van der Waals surface area contributed by atoms with Crippen molar-refractivity contribution in [2.75, 3.05) is 11.9 Å². The summed E-state index contributed by atoms with van der Waals surface area (Å²) in [6, 6.07) is 0. The molecule has 4 heteroatoms. The van der Waals surface area contributed by atoms with Crippen molar-refractivity contribution in [3.05, 3.63) is 16.8 Å². The fraction of sp³-hybridized carbons (Fsp3) is 0.625. The molecule has 1 aliphatic carbocycles. The maximum absolute atomic E-state index is 4.45. The van der Waals surface area contributed by atoms with E-state index in [4.69, 9.17) is 0 Å². The summed E-state index contributed by atoms with van der Waals surface area (Å²) in [7, 11) is 0. The summed E-state index contributed by atoms with van der Waals surface area (Å²) in [6.45, 7) is 5.36. The Hall–Kier alpha value is -1.16. The molecule has 2 aromatic heterocycles. The van der Waals surface area contributed by atoms with Crippen molar-refractivity contribution in [2.45, 2.75) is 52.4 Å². The molecule has 20 heavy (non-hydrogen) atoms. The van der Waals surface area contributed by atoms with E-state index in [9.17, 15) is 0 Å². The molecule has 0 atom stereocenters. The molecule has 1 N–H and O–H groups in total. The average Bonchev–Trinajstić information content (AvgIpc) is 2.76. The molecule has 2 aromatic rings. The molecule has 108 valence electrons. The van der Waals surface area contributed by atoms with Crippen molar-refractivity contribution in [2.24, 2.45) is 5.92 Å². The zero-order chi connectivity index (χ0) is 13.9. The smallest absolute Gasteiger partial charge is 0.138 e. The molecule has 0 aromatic carbocycles. The van der Waals surface area contributed by atoms with Gasteiger partial charge in [0, 0.05) is 11.4 Å². The van der Waals surface area contributed by atoms with Gasteiger partial charge in [-0.25, -0.2) is 9.97 Å². The SMILES string of the molecule is Cc1sc2ncnc(NCCC3CCCCC3)c2c1C. The molecule has 0 radical (unpaired) electrons. The predicted molar refractivity (Wildman–Crippen MR) is 86.6 cm³/mol. The molecular formula is C16H23N3S. The Labute approximate surface area is 124 Å². The largest absolute Gasteiger partial charge is 0.369 e. The highest BCUT2D eigenvalue weighted by Crippen LogP contribution is 2.32. The second-order valence-electron chi connectivity index (χ2n) is 5.91. The Kier molecular flexibility index (Phi) is 4.20. The van der Waals surface area contributed by atoms with Crippen LogP contribution in [0.1, 0.15) is 49.0 Å². The molecule has 0 unspecified atom stereocenters. The number of aryl methyl sites for hydroxylation is 2. The third-order valence-electron chi connectivity index (χ3n) is 4.54. The van der Waals surface area contributed by atoms with Crippen LogP contribution in [0.25, 0.3) is 10.2 Å². The van der Waals surface area contributed by atoms with Crippen LogP contribution < -0.4 is 5.32 Å². The van der Waals surface area contributed by atoms with Crippen LogP contribution in [0.15, 0.2) is 6.33 Å². The first-order valence-corrected chi connectivity index (χ1v) is 8.52. The zero-order valence-electron chi connectivity index (χ0n) is 12.4. The van der Waals surface area contributed by atoms with E-state index in [1.165, 1.54) is 54.4 Å². The molecule has 0 bridgehead atoms. The Bertz CT molecular complexity index is 585. The molecule has 0 amide bonds. The predicted octanol–water partition coefficient (Wildman–Crippen LogP) is 4.69. The Morgan fingerprint density at radius 1 is 1.20 bits per heavy atom. The Balaban J connectivity index is 1.68. The minimum absolute atomic E-state index is 0.916. The van der Waals surface area contributed by atoms with Gasteiger partial charge in [0.15, 0.2) is 0 Å². The second-order valence-corrected chi connectivity index (χ2v) is 7.11. The van der Waals surface area contributed by atoms with E-state index in [0.717, 1.165) is 23.1 Å². The minimum atomic E-state index is 0.916. The second kappa shape index (κ2) is 6.08. The molecule has 0 aliphatic heterocycles. The van der Waals surface area contributed by atoms with Crippen molar-refractivity contribution in [3.63, 3.8) is 0 Å². The van der Waals surface area contributed by atoms with Crippen LogP contribution in [0.5, 0.6) is 0 Å². The molecule has 1 aliphatic rings. The Morgan fingerprint density at radius 2 is 2.00 bits per heavy atom. The lowest BCUT2D eigenvalue weighted by Gasteiger charge is -2.21. The summed E-state index contributed by atoms with van der Waals surface area (Å²) < 4.78 is 0. The van der Waals surface area contributed by atoms with E-state index in [-0.39, 0.29) is 0 Å². The molecule has 3 nitrogen and oxygen atoms in total. The summed E-state index contributed by atoms with van der Waals surface area (Å²) in [5.74, 6) is 1.94. The van der Waals surface area contributed by atoms with Gasteiger partial charge in [-0.05, 0) is 31.7 Å². The number of nitrogens with one attached hydrogen (secondary N) is 1. The van der Waals surface area contributed by atoms with Gasteiger partial charge in [-0.3, -0.25) is 0 Å². The monoisotopic (exact) mass is 289 g/mol. The fourth-order valence-corrected chi connectivity index (χ4v) is 4.18. The van der Waals surface area contributed by atoms with Crippen molar-refractivity contribution in [3.8, 4) is 0 Å². The lowest BCUT2D eigenvalue weighted by atomic mass is 9.87. The quantitative estimate of drug-likeness (QED) is 0.887. The topological polar surface area (TPSA) is 37.8 Å². The summed E-state index contributed by atoms with van der Waals surface area (Å²) in [6.07, 6.45) is 10.1. The van der Waals surface area contributed by atoms with Gasteiger partial charge >= 0.3 is 0 Å². The summed E-state index contributed by atoms with van der Waals surface area (Å²) >= 11 is 1.76. The maximum Gasteiger partial charge on any atom is 0.138 e. The maximum atomic E-state index is 4.45. The van der Waals surface area contributed by atoms with Gasteiger partial charge in [0.1, 0.15) is 17.0 Å². The summed E-state index contributed by atoms with van der Waals surface area (Å²) in [5.41, 5.74) is 1.32.